The first-order valence-corrected chi connectivity index (χ1v) is 5.75. The van der Waals surface area contributed by atoms with E-state index in [0.717, 1.165) is 0 Å². The maximum absolute atomic E-state index is 13.6. The van der Waals surface area contributed by atoms with E-state index in [2.05, 4.69) is 16.3 Å². The van der Waals surface area contributed by atoms with Gasteiger partial charge in [-0.2, -0.15) is 5.26 Å². The maximum Gasteiger partial charge on any atom is 0.160 e. The SMILES string of the molecule is N#Cc1ccc2nnc(Cc3ccccc3F)n2c1. The summed E-state index contributed by atoms with van der Waals surface area (Å²) in [5, 5.41) is 16.9. The summed E-state index contributed by atoms with van der Waals surface area (Å²) in [5.41, 5.74) is 1.71. The van der Waals surface area contributed by atoms with Gasteiger partial charge in [0, 0.05) is 12.6 Å². The van der Waals surface area contributed by atoms with Gasteiger partial charge in [0.05, 0.1) is 5.56 Å². The third-order valence-electron chi connectivity index (χ3n) is 2.91. The zero-order chi connectivity index (χ0) is 13.2. The summed E-state index contributed by atoms with van der Waals surface area (Å²) >= 11 is 0. The standard InChI is InChI=1S/C14H9FN4/c15-12-4-2-1-3-11(12)7-14-18-17-13-6-5-10(8-16)9-19(13)14/h1-6,9H,7H2. The van der Waals surface area contributed by atoms with Crippen LogP contribution in [0.25, 0.3) is 5.65 Å². The predicted octanol–water partition coefficient (Wildman–Crippen LogP) is 2.33. The minimum atomic E-state index is -0.268. The van der Waals surface area contributed by atoms with Gasteiger partial charge in [-0.3, -0.25) is 4.40 Å². The molecule has 4 nitrogen and oxygen atoms in total. The van der Waals surface area contributed by atoms with Gasteiger partial charge in [-0.25, -0.2) is 4.39 Å². The van der Waals surface area contributed by atoms with Crippen molar-refractivity contribution in [1.29, 1.82) is 5.26 Å². The normalized spacial score (nSPS) is 10.5. The lowest BCUT2D eigenvalue weighted by molar-refractivity contribution is 0.611. The third-order valence-corrected chi connectivity index (χ3v) is 2.91. The molecule has 0 radical (unpaired) electrons. The molecule has 0 saturated carbocycles. The van der Waals surface area contributed by atoms with E-state index in [1.807, 2.05) is 0 Å². The number of rotatable bonds is 2. The molecule has 0 fully saturated rings. The largest absolute Gasteiger partial charge is 0.285 e. The third kappa shape index (κ3) is 2.04. The summed E-state index contributed by atoms with van der Waals surface area (Å²) in [7, 11) is 0. The van der Waals surface area contributed by atoms with Crippen LogP contribution in [0.5, 0.6) is 0 Å². The molecule has 19 heavy (non-hydrogen) atoms. The Balaban J connectivity index is 2.06. The number of halogens is 1. The first kappa shape index (κ1) is 11.4. The molecular weight excluding hydrogens is 243 g/mol. The molecule has 0 atom stereocenters. The highest BCUT2D eigenvalue weighted by molar-refractivity contribution is 5.43. The summed E-state index contributed by atoms with van der Waals surface area (Å²) in [5.74, 6) is 0.341. The fourth-order valence-corrected chi connectivity index (χ4v) is 1.94. The van der Waals surface area contributed by atoms with Crippen LogP contribution in [0.1, 0.15) is 17.0 Å². The molecule has 0 amide bonds. The Morgan fingerprint density at radius 3 is 2.79 bits per heavy atom. The van der Waals surface area contributed by atoms with Crippen LogP contribution in [0, 0.1) is 17.1 Å². The van der Waals surface area contributed by atoms with E-state index in [1.165, 1.54) is 6.07 Å². The number of nitriles is 1. The lowest BCUT2D eigenvalue weighted by Gasteiger charge is -2.02. The summed E-state index contributed by atoms with van der Waals surface area (Å²) in [6.07, 6.45) is 1.99. The number of pyridine rings is 1. The van der Waals surface area contributed by atoms with Crippen molar-refractivity contribution in [3.05, 3.63) is 65.4 Å². The fraction of sp³-hybridized carbons (Fsp3) is 0.0714. The number of fused-ring (bicyclic) bond motifs is 1. The molecule has 2 aromatic heterocycles. The minimum absolute atomic E-state index is 0.268. The Kier molecular flexibility index (Phi) is 2.69. The lowest BCUT2D eigenvalue weighted by atomic mass is 10.1. The molecule has 3 rings (SSSR count). The second-order valence-electron chi connectivity index (χ2n) is 4.14. The van der Waals surface area contributed by atoms with Crippen molar-refractivity contribution in [3.8, 4) is 6.07 Å². The van der Waals surface area contributed by atoms with Gasteiger partial charge < -0.3 is 0 Å². The number of benzene rings is 1. The summed E-state index contributed by atoms with van der Waals surface area (Å²) < 4.78 is 15.3. The van der Waals surface area contributed by atoms with Crippen molar-refractivity contribution >= 4 is 5.65 Å². The van der Waals surface area contributed by atoms with Gasteiger partial charge in [-0.1, -0.05) is 18.2 Å². The molecule has 0 aliphatic carbocycles. The highest BCUT2D eigenvalue weighted by Crippen LogP contribution is 2.13. The predicted molar refractivity (Wildman–Crippen MR) is 66.9 cm³/mol. The smallest absolute Gasteiger partial charge is 0.160 e. The van der Waals surface area contributed by atoms with Gasteiger partial charge in [-0.15, -0.1) is 10.2 Å². The van der Waals surface area contributed by atoms with Gasteiger partial charge in [0.15, 0.2) is 5.65 Å². The molecule has 0 saturated heterocycles. The fourth-order valence-electron chi connectivity index (χ4n) is 1.94. The second-order valence-corrected chi connectivity index (χ2v) is 4.14. The first-order chi connectivity index (χ1) is 9.28. The van der Waals surface area contributed by atoms with Crippen molar-refractivity contribution in [2.24, 2.45) is 0 Å². The first-order valence-electron chi connectivity index (χ1n) is 5.75. The van der Waals surface area contributed by atoms with Crippen molar-refractivity contribution < 1.29 is 4.39 Å². The number of nitrogens with zero attached hydrogens (tertiary/aromatic N) is 4. The van der Waals surface area contributed by atoms with Gasteiger partial charge in [0.1, 0.15) is 17.7 Å². The van der Waals surface area contributed by atoms with Crippen LogP contribution in [0.4, 0.5) is 4.39 Å². The van der Waals surface area contributed by atoms with Gasteiger partial charge in [0.2, 0.25) is 0 Å². The van der Waals surface area contributed by atoms with Crippen molar-refractivity contribution in [2.45, 2.75) is 6.42 Å². The van der Waals surface area contributed by atoms with E-state index >= 15 is 0 Å². The van der Waals surface area contributed by atoms with E-state index < -0.39 is 0 Å². The molecule has 92 valence electrons. The second kappa shape index (κ2) is 4.50. The van der Waals surface area contributed by atoms with E-state index in [4.69, 9.17) is 5.26 Å². The molecule has 0 N–H and O–H groups in total. The molecule has 0 unspecified atom stereocenters. The molecule has 0 bridgehead atoms. The summed E-state index contributed by atoms with van der Waals surface area (Å²) in [6.45, 7) is 0. The average Bonchev–Trinajstić information content (AvgIpc) is 2.84. The van der Waals surface area contributed by atoms with Crippen LogP contribution < -0.4 is 0 Å². The molecule has 0 aliphatic rings. The maximum atomic E-state index is 13.6. The van der Waals surface area contributed by atoms with Gasteiger partial charge >= 0.3 is 0 Å². The van der Waals surface area contributed by atoms with Crippen LogP contribution in [0.15, 0.2) is 42.6 Å². The van der Waals surface area contributed by atoms with E-state index in [-0.39, 0.29) is 5.82 Å². The highest BCUT2D eigenvalue weighted by Gasteiger charge is 2.09. The quantitative estimate of drug-likeness (QED) is 0.703. The molecule has 5 heteroatoms. The van der Waals surface area contributed by atoms with Crippen molar-refractivity contribution in [1.82, 2.24) is 14.6 Å². The molecule has 0 spiro atoms. The average molecular weight is 252 g/mol. The van der Waals surface area contributed by atoms with E-state index in [9.17, 15) is 4.39 Å². The Morgan fingerprint density at radius 1 is 1.16 bits per heavy atom. The Labute approximate surface area is 108 Å². The lowest BCUT2D eigenvalue weighted by Crippen LogP contribution is -1.99. The Bertz CT molecular complexity index is 785. The Hall–Kier alpha value is -2.74. The summed E-state index contributed by atoms with van der Waals surface area (Å²) in [6, 6.07) is 12.0. The topological polar surface area (TPSA) is 54.0 Å². The zero-order valence-electron chi connectivity index (χ0n) is 9.92. The summed E-state index contributed by atoms with van der Waals surface area (Å²) in [4.78, 5) is 0. The Morgan fingerprint density at radius 2 is 2.00 bits per heavy atom. The van der Waals surface area contributed by atoms with E-state index in [0.29, 0.717) is 29.0 Å². The van der Waals surface area contributed by atoms with Crippen LogP contribution in [-0.2, 0) is 6.42 Å². The van der Waals surface area contributed by atoms with Crippen LogP contribution >= 0.6 is 0 Å². The monoisotopic (exact) mass is 252 g/mol. The van der Waals surface area contributed by atoms with Crippen LogP contribution in [-0.4, -0.2) is 14.6 Å². The van der Waals surface area contributed by atoms with E-state index in [1.54, 1.807) is 40.9 Å². The van der Waals surface area contributed by atoms with Gasteiger partial charge in [0.25, 0.3) is 0 Å². The molecule has 0 aliphatic heterocycles. The molecule has 2 heterocycles. The molecule has 1 aromatic carbocycles. The van der Waals surface area contributed by atoms with Crippen molar-refractivity contribution in [2.75, 3.05) is 0 Å². The molecule has 3 aromatic rings. The molecular formula is C14H9FN4. The number of hydrogen-bond donors (Lipinski definition) is 0. The van der Waals surface area contributed by atoms with Crippen molar-refractivity contribution in [3.63, 3.8) is 0 Å². The minimum Gasteiger partial charge on any atom is -0.285 e. The highest BCUT2D eigenvalue weighted by atomic mass is 19.1. The zero-order valence-corrected chi connectivity index (χ0v) is 9.92. The van der Waals surface area contributed by atoms with Gasteiger partial charge in [-0.05, 0) is 23.8 Å². The van der Waals surface area contributed by atoms with Crippen LogP contribution in [0.2, 0.25) is 0 Å². The number of aromatic nitrogens is 3. The number of hydrogen-bond acceptors (Lipinski definition) is 3. The van der Waals surface area contributed by atoms with Crippen LogP contribution in [0.3, 0.4) is 0 Å².